The summed E-state index contributed by atoms with van der Waals surface area (Å²) in [5.41, 5.74) is 6.94. The van der Waals surface area contributed by atoms with E-state index >= 15 is 0 Å². The van der Waals surface area contributed by atoms with E-state index in [4.69, 9.17) is 19.7 Å². The third-order valence-electron chi connectivity index (χ3n) is 3.38. The van der Waals surface area contributed by atoms with Crippen molar-refractivity contribution in [3.8, 4) is 0 Å². The molecule has 0 amide bonds. The molecular formula is C13H22N2O3. The first-order valence-corrected chi connectivity index (χ1v) is 6.52. The van der Waals surface area contributed by atoms with Crippen LogP contribution in [0.15, 0.2) is 10.6 Å². The van der Waals surface area contributed by atoms with Crippen LogP contribution in [0.4, 0.5) is 0 Å². The van der Waals surface area contributed by atoms with Crippen molar-refractivity contribution in [1.82, 2.24) is 5.16 Å². The molecule has 0 atom stereocenters. The van der Waals surface area contributed by atoms with E-state index in [1.807, 2.05) is 6.07 Å². The maximum Gasteiger partial charge on any atom is 0.162 e. The molecule has 1 aliphatic rings. The summed E-state index contributed by atoms with van der Waals surface area (Å²) in [4.78, 5) is 0. The van der Waals surface area contributed by atoms with E-state index in [1.165, 1.54) is 19.3 Å². The Labute approximate surface area is 108 Å². The lowest BCUT2D eigenvalue weighted by molar-refractivity contribution is 0.0544. The Bertz CT molecular complexity index is 359. The second-order valence-electron chi connectivity index (χ2n) is 5.13. The maximum atomic E-state index is 6.29. The maximum absolute atomic E-state index is 6.29. The average Bonchev–Trinajstić information content (AvgIpc) is 2.78. The topological polar surface area (TPSA) is 70.5 Å². The van der Waals surface area contributed by atoms with Crippen molar-refractivity contribution in [2.45, 2.75) is 50.9 Å². The summed E-state index contributed by atoms with van der Waals surface area (Å²) in [6, 6.07) is 1.85. The van der Waals surface area contributed by atoms with Crippen LogP contribution in [0.2, 0.25) is 0 Å². The molecule has 1 aromatic heterocycles. The van der Waals surface area contributed by atoms with Gasteiger partial charge in [0.05, 0.1) is 13.2 Å². The molecule has 1 heterocycles. The first kappa shape index (κ1) is 13.5. The SMILES string of the molecule is COCc1cc(COCC2(N)CCCCC2)no1. The molecule has 0 aliphatic heterocycles. The molecule has 1 aromatic rings. The van der Waals surface area contributed by atoms with Crippen LogP contribution in [-0.2, 0) is 22.7 Å². The third-order valence-corrected chi connectivity index (χ3v) is 3.38. The van der Waals surface area contributed by atoms with Crippen molar-refractivity contribution in [3.63, 3.8) is 0 Å². The van der Waals surface area contributed by atoms with Crippen molar-refractivity contribution in [2.75, 3.05) is 13.7 Å². The van der Waals surface area contributed by atoms with Gasteiger partial charge in [0.2, 0.25) is 0 Å². The van der Waals surface area contributed by atoms with Gasteiger partial charge >= 0.3 is 0 Å². The number of hydrogen-bond acceptors (Lipinski definition) is 5. The second kappa shape index (κ2) is 6.31. The highest BCUT2D eigenvalue weighted by Crippen LogP contribution is 2.26. The molecule has 2 rings (SSSR count). The van der Waals surface area contributed by atoms with E-state index in [-0.39, 0.29) is 5.54 Å². The molecule has 0 unspecified atom stereocenters. The highest BCUT2D eigenvalue weighted by Gasteiger charge is 2.27. The van der Waals surface area contributed by atoms with E-state index in [1.54, 1.807) is 7.11 Å². The summed E-state index contributed by atoms with van der Waals surface area (Å²) >= 11 is 0. The molecule has 0 radical (unpaired) electrons. The largest absolute Gasteiger partial charge is 0.377 e. The number of aromatic nitrogens is 1. The predicted octanol–water partition coefficient (Wildman–Crippen LogP) is 2.00. The smallest absolute Gasteiger partial charge is 0.162 e. The zero-order valence-electron chi connectivity index (χ0n) is 11.0. The minimum absolute atomic E-state index is 0.142. The lowest BCUT2D eigenvalue weighted by Gasteiger charge is -2.32. The first-order valence-electron chi connectivity index (χ1n) is 6.52. The quantitative estimate of drug-likeness (QED) is 0.840. The predicted molar refractivity (Wildman–Crippen MR) is 66.9 cm³/mol. The molecule has 1 saturated carbocycles. The lowest BCUT2D eigenvalue weighted by Crippen LogP contribution is -2.46. The van der Waals surface area contributed by atoms with Gasteiger partial charge in [0.1, 0.15) is 12.3 Å². The van der Waals surface area contributed by atoms with Gasteiger partial charge in [0.15, 0.2) is 5.76 Å². The van der Waals surface area contributed by atoms with Crippen LogP contribution in [0.5, 0.6) is 0 Å². The van der Waals surface area contributed by atoms with Crippen LogP contribution >= 0.6 is 0 Å². The van der Waals surface area contributed by atoms with Crippen LogP contribution in [0, 0.1) is 0 Å². The Kier molecular flexibility index (Phi) is 4.74. The number of nitrogens with zero attached hydrogens (tertiary/aromatic N) is 1. The van der Waals surface area contributed by atoms with Gasteiger partial charge in [-0.15, -0.1) is 0 Å². The van der Waals surface area contributed by atoms with Crippen LogP contribution in [0.3, 0.4) is 0 Å². The van der Waals surface area contributed by atoms with Gasteiger partial charge < -0.3 is 19.7 Å². The monoisotopic (exact) mass is 254 g/mol. The summed E-state index contributed by atoms with van der Waals surface area (Å²) in [5.74, 6) is 0.719. The molecule has 5 nitrogen and oxygen atoms in total. The molecule has 0 spiro atoms. The van der Waals surface area contributed by atoms with Crippen LogP contribution in [0.1, 0.15) is 43.6 Å². The molecule has 1 aliphatic carbocycles. The molecule has 102 valence electrons. The normalized spacial score (nSPS) is 19.0. The van der Waals surface area contributed by atoms with Crippen molar-refractivity contribution in [2.24, 2.45) is 5.73 Å². The summed E-state index contributed by atoms with van der Waals surface area (Å²) in [5, 5.41) is 3.92. The highest BCUT2D eigenvalue weighted by atomic mass is 16.5. The van der Waals surface area contributed by atoms with Gasteiger partial charge in [0.25, 0.3) is 0 Å². The number of rotatable bonds is 6. The van der Waals surface area contributed by atoms with E-state index in [9.17, 15) is 0 Å². The molecule has 1 fully saturated rings. The second-order valence-corrected chi connectivity index (χ2v) is 5.13. The molecule has 0 saturated heterocycles. The Hall–Kier alpha value is -0.910. The summed E-state index contributed by atoms with van der Waals surface area (Å²) in [6.07, 6.45) is 5.83. The zero-order valence-corrected chi connectivity index (χ0v) is 11.0. The number of hydrogen-bond donors (Lipinski definition) is 1. The highest BCUT2D eigenvalue weighted by molar-refractivity contribution is 5.03. The van der Waals surface area contributed by atoms with Crippen molar-refractivity contribution in [3.05, 3.63) is 17.5 Å². The van der Waals surface area contributed by atoms with Gasteiger partial charge in [-0.05, 0) is 12.8 Å². The van der Waals surface area contributed by atoms with Crippen molar-refractivity contribution >= 4 is 0 Å². The minimum atomic E-state index is -0.142. The Balaban J connectivity index is 1.73. The fourth-order valence-corrected chi connectivity index (χ4v) is 2.39. The van der Waals surface area contributed by atoms with Gasteiger partial charge in [-0.2, -0.15) is 0 Å². The third kappa shape index (κ3) is 3.80. The Morgan fingerprint density at radius 3 is 2.83 bits per heavy atom. The van der Waals surface area contributed by atoms with Crippen LogP contribution in [-0.4, -0.2) is 24.4 Å². The van der Waals surface area contributed by atoms with E-state index < -0.39 is 0 Å². The van der Waals surface area contributed by atoms with Gasteiger partial charge in [-0.3, -0.25) is 0 Å². The molecule has 5 heteroatoms. The fourth-order valence-electron chi connectivity index (χ4n) is 2.39. The van der Waals surface area contributed by atoms with E-state index in [2.05, 4.69) is 5.16 Å². The van der Waals surface area contributed by atoms with Gasteiger partial charge in [0, 0.05) is 18.7 Å². The summed E-state index contributed by atoms with van der Waals surface area (Å²) in [6.45, 7) is 1.49. The Morgan fingerprint density at radius 2 is 2.11 bits per heavy atom. The Morgan fingerprint density at radius 1 is 1.33 bits per heavy atom. The first-order chi connectivity index (χ1) is 8.72. The summed E-state index contributed by atoms with van der Waals surface area (Å²) < 4.78 is 15.7. The standard InChI is InChI=1S/C13H22N2O3/c1-16-9-12-7-11(15-18-12)8-17-10-13(14)5-3-2-4-6-13/h7H,2-6,8-10,14H2,1H3. The lowest BCUT2D eigenvalue weighted by atomic mass is 9.83. The number of nitrogens with two attached hydrogens (primary N) is 1. The van der Waals surface area contributed by atoms with Gasteiger partial charge in [-0.1, -0.05) is 24.4 Å². The average molecular weight is 254 g/mol. The van der Waals surface area contributed by atoms with E-state index in [0.29, 0.717) is 19.8 Å². The molecule has 2 N–H and O–H groups in total. The summed E-state index contributed by atoms with van der Waals surface area (Å²) in [7, 11) is 1.62. The van der Waals surface area contributed by atoms with Crippen LogP contribution in [0.25, 0.3) is 0 Å². The number of methoxy groups -OCH3 is 1. The molecular weight excluding hydrogens is 232 g/mol. The van der Waals surface area contributed by atoms with E-state index in [0.717, 1.165) is 24.3 Å². The van der Waals surface area contributed by atoms with Gasteiger partial charge in [-0.25, -0.2) is 0 Å². The van der Waals surface area contributed by atoms with Crippen molar-refractivity contribution < 1.29 is 14.0 Å². The van der Waals surface area contributed by atoms with Crippen molar-refractivity contribution in [1.29, 1.82) is 0 Å². The fraction of sp³-hybridized carbons (Fsp3) is 0.769. The molecule has 18 heavy (non-hydrogen) atoms. The minimum Gasteiger partial charge on any atom is -0.377 e. The molecule has 0 bridgehead atoms. The number of ether oxygens (including phenoxy) is 2. The van der Waals surface area contributed by atoms with Crippen LogP contribution < -0.4 is 5.73 Å². The zero-order chi connectivity index (χ0) is 12.8. The molecule has 0 aromatic carbocycles.